The molecule has 0 saturated carbocycles. The van der Waals surface area contributed by atoms with E-state index in [2.05, 4.69) is 24.4 Å². The predicted molar refractivity (Wildman–Crippen MR) is 80.2 cm³/mol. The molecule has 1 unspecified atom stereocenters. The third kappa shape index (κ3) is 2.25. The van der Waals surface area contributed by atoms with E-state index in [0.717, 1.165) is 30.4 Å². The van der Waals surface area contributed by atoms with Gasteiger partial charge in [-0.25, -0.2) is 0 Å². The number of rotatable bonds is 2. The summed E-state index contributed by atoms with van der Waals surface area (Å²) in [6, 6.07) is 8.28. The second-order valence-corrected chi connectivity index (χ2v) is 6.43. The Morgan fingerprint density at radius 1 is 1.26 bits per heavy atom. The first-order chi connectivity index (χ1) is 9.16. The normalized spacial score (nSPS) is 18.1. The standard InChI is InChI=1S/C17H18OS/c1-11-6-7-13(12(2)10-11)17(18)15-4-3-5-16-14(15)8-9-19-16/h6-10,15H,3-5H2,1-2H3. The summed E-state index contributed by atoms with van der Waals surface area (Å²) in [4.78, 5) is 14.2. The molecule has 1 heterocycles. The molecule has 0 amide bonds. The summed E-state index contributed by atoms with van der Waals surface area (Å²) in [5.41, 5.74) is 4.50. The Labute approximate surface area is 118 Å². The fourth-order valence-corrected chi connectivity index (χ4v) is 4.02. The number of thiophene rings is 1. The lowest BCUT2D eigenvalue weighted by Gasteiger charge is -2.22. The zero-order valence-corrected chi connectivity index (χ0v) is 12.2. The van der Waals surface area contributed by atoms with Gasteiger partial charge in [0, 0.05) is 16.4 Å². The lowest BCUT2D eigenvalue weighted by Crippen LogP contribution is -2.18. The molecule has 1 atom stereocenters. The van der Waals surface area contributed by atoms with Crippen LogP contribution in [0.1, 0.15) is 50.7 Å². The monoisotopic (exact) mass is 270 g/mol. The van der Waals surface area contributed by atoms with Crippen molar-refractivity contribution in [2.24, 2.45) is 0 Å². The van der Waals surface area contributed by atoms with Crippen LogP contribution in [0.4, 0.5) is 0 Å². The van der Waals surface area contributed by atoms with Crippen molar-refractivity contribution >= 4 is 17.1 Å². The van der Waals surface area contributed by atoms with Crippen LogP contribution in [0, 0.1) is 13.8 Å². The third-order valence-corrected chi connectivity index (χ3v) is 5.01. The SMILES string of the molecule is Cc1ccc(C(=O)C2CCCc3sccc32)c(C)c1. The first-order valence-electron chi connectivity index (χ1n) is 6.84. The first-order valence-corrected chi connectivity index (χ1v) is 7.72. The highest BCUT2D eigenvalue weighted by atomic mass is 32.1. The lowest BCUT2D eigenvalue weighted by molar-refractivity contribution is 0.0951. The van der Waals surface area contributed by atoms with Gasteiger partial charge in [0.1, 0.15) is 0 Å². The van der Waals surface area contributed by atoms with Gasteiger partial charge in [0.25, 0.3) is 0 Å². The van der Waals surface area contributed by atoms with E-state index in [4.69, 9.17) is 0 Å². The highest BCUT2D eigenvalue weighted by molar-refractivity contribution is 7.10. The van der Waals surface area contributed by atoms with E-state index in [1.165, 1.54) is 16.0 Å². The Bertz CT molecular complexity index is 624. The average molecular weight is 270 g/mol. The van der Waals surface area contributed by atoms with Gasteiger partial charge in [-0.05, 0) is 55.7 Å². The molecule has 19 heavy (non-hydrogen) atoms. The smallest absolute Gasteiger partial charge is 0.170 e. The topological polar surface area (TPSA) is 17.1 Å². The van der Waals surface area contributed by atoms with Crippen LogP contribution >= 0.6 is 11.3 Å². The number of benzene rings is 1. The minimum Gasteiger partial charge on any atom is -0.293 e. The second kappa shape index (κ2) is 4.93. The first kappa shape index (κ1) is 12.6. The largest absolute Gasteiger partial charge is 0.293 e. The zero-order valence-electron chi connectivity index (χ0n) is 11.4. The molecule has 1 aromatic carbocycles. The maximum Gasteiger partial charge on any atom is 0.170 e. The van der Waals surface area contributed by atoms with Gasteiger partial charge < -0.3 is 0 Å². The van der Waals surface area contributed by atoms with Gasteiger partial charge >= 0.3 is 0 Å². The summed E-state index contributed by atoms with van der Waals surface area (Å²) in [6.45, 7) is 4.11. The molecule has 3 rings (SSSR count). The van der Waals surface area contributed by atoms with E-state index in [9.17, 15) is 4.79 Å². The molecule has 0 radical (unpaired) electrons. The van der Waals surface area contributed by atoms with E-state index < -0.39 is 0 Å². The van der Waals surface area contributed by atoms with E-state index in [1.807, 2.05) is 19.1 Å². The Kier molecular flexibility index (Phi) is 3.28. The number of hydrogen-bond acceptors (Lipinski definition) is 2. The number of ketones is 1. The Hall–Kier alpha value is -1.41. The molecule has 1 aliphatic rings. The van der Waals surface area contributed by atoms with Gasteiger partial charge in [0.05, 0.1) is 0 Å². The number of carbonyl (C=O) groups excluding carboxylic acids is 1. The van der Waals surface area contributed by atoms with Crippen LogP contribution in [0.3, 0.4) is 0 Å². The van der Waals surface area contributed by atoms with Crippen LogP contribution in [0.5, 0.6) is 0 Å². The second-order valence-electron chi connectivity index (χ2n) is 5.43. The van der Waals surface area contributed by atoms with Gasteiger partial charge in [-0.15, -0.1) is 11.3 Å². The van der Waals surface area contributed by atoms with Crippen molar-refractivity contribution < 1.29 is 4.79 Å². The molecule has 0 saturated heterocycles. The summed E-state index contributed by atoms with van der Waals surface area (Å²) < 4.78 is 0. The Balaban J connectivity index is 1.98. The molecule has 1 aliphatic carbocycles. The van der Waals surface area contributed by atoms with E-state index in [-0.39, 0.29) is 5.92 Å². The summed E-state index contributed by atoms with van der Waals surface area (Å²) in [6.07, 6.45) is 3.27. The van der Waals surface area contributed by atoms with Crippen molar-refractivity contribution in [1.29, 1.82) is 0 Å². The van der Waals surface area contributed by atoms with Crippen LogP contribution in [0.2, 0.25) is 0 Å². The van der Waals surface area contributed by atoms with Crippen LogP contribution < -0.4 is 0 Å². The van der Waals surface area contributed by atoms with Gasteiger partial charge in [-0.2, -0.15) is 0 Å². The molecule has 0 aliphatic heterocycles. The van der Waals surface area contributed by atoms with Crippen LogP contribution in [-0.4, -0.2) is 5.78 Å². The fraction of sp³-hybridized carbons (Fsp3) is 0.353. The van der Waals surface area contributed by atoms with Crippen molar-refractivity contribution in [3.05, 3.63) is 56.8 Å². The van der Waals surface area contributed by atoms with E-state index in [0.29, 0.717) is 5.78 Å². The molecule has 0 bridgehead atoms. The number of carbonyl (C=O) groups is 1. The maximum absolute atomic E-state index is 12.8. The third-order valence-electron chi connectivity index (χ3n) is 4.02. The van der Waals surface area contributed by atoms with Crippen LogP contribution in [0.25, 0.3) is 0 Å². The number of fused-ring (bicyclic) bond motifs is 1. The lowest BCUT2D eigenvalue weighted by atomic mass is 9.81. The zero-order chi connectivity index (χ0) is 13.4. The number of hydrogen-bond donors (Lipinski definition) is 0. The molecule has 1 aromatic heterocycles. The number of Topliss-reactive ketones (excluding diaryl/α,β-unsaturated/α-hetero) is 1. The quantitative estimate of drug-likeness (QED) is 0.725. The predicted octanol–water partition coefficient (Wildman–Crippen LogP) is 4.67. The minimum atomic E-state index is 0.0800. The van der Waals surface area contributed by atoms with Gasteiger partial charge in [0.2, 0.25) is 0 Å². The minimum absolute atomic E-state index is 0.0800. The molecular formula is C17H18OS. The Morgan fingerprint density at radius 2 is 2.11 bits per heavy atom. The van der Waals surface area contributed by atoms with Gasteiger partial charge in [0.15, 0.2) is 5.78 Å². The van der Waals surface area contributed by atoms with Gasteiger partial charge in [-0.3, -0.25) is 4.79 Å². The van der Waals surface area contributed by atoms with Crippen LogP contribution in [0.15, 0.2) is 29.6 Å². The van der Waals surface area contributed by atoms with Crippen molar-refractivity contribution in [3.63, 3.8) is 0 Å². The summed E-state index contributed by atoms with van der Waals surface area (Å²) in [7, 11) is 0. The molecule has 1 nitrogen and oxygen atoms in total. The average Bonchev–Trinajstić information content (AvgIpc) is 2.86. The van der Waals surface area contributed by atoms with Crippen molar-refractivity contribution in [2.45, 2.75) is 39.0 Å². The van der Waals surface area contributed by atoms with Crippen LogP contribution in [-0.2, 0) is 6.42 Å². The van der Waals surface area contributed by atoms with Crippen molar-refractivity contribution in [1.82, 2.24) is 0 Å². The summed E-state index contributed by atoms with van der Waals surface area (Å²) >= 11 is 1.80. The Morgan fingerprint density at radius 3 is 2.89 bits per heavy atom. The van der Waals surface area contributed by atoms with E-state index >= 15 is 0 Å². The molecule has 2 heteroatoms. The molecule has 0 N–H and O–H groups in total. The summed E-state index contributed by atoms with van der Waals surface area (Å²) in [5.74, 6) is 0.383. The maximum atomic E-state index is 12.8. The highest BCUT2D eigenvalue weighted by Crippen LogP contribution is 2.37. The van der Waals surface area contributed by atoms with Gasteiger partial charge in [-0.1, -0.05) is 23.8 Å². The molecular weight excluding hydrogens is 252 g/mol. The molecule has 0 spiro atoms. The fourth-order valence-electron chi connectivity index (χ4n) is 3.04. The molecule has 98 valence electrons. The number of aryl methyl sites for hydroxylation is 3. The van der Waals surface area contributed by atoms with Crippen molar-refractivity contribution in [3.8, 4) is 0 Å². The highest BCUT2D eigenvalue weighted by Gasteiger charge is 2.28. The molecule has 0 fully saturated rings. The van der Waals surface area contributed by atoms with Crippen molar-refractivity contribution in [2.75, 3.05) is 0 Å². The molecule has 2 aromatic rings. The van der Waals surface area contributed by atoms with E-state index in [1.54, 1.807) is 11.3 Å². The summed E-state index contributed by atoms with van der Waals surface area (Å²) in [5, 5.41) is 2.12.